The number of carbonyl (C=O) groups excluding carboxylic acids is 1. The van der Waals surface area contributed by atoms with E-state index in [1.165, 1.54) is 5.56 Å². The Morgan fingerprint density at radius 1 is 1.00 bits per heavy atom. The van der Waals surface area contributed by atoms with Crippen molar-refractivity contribution in [2.45, 2.75) is 19.8 Å². The summed E-state index contributed by atoms with van der Waals surface area (Å²) in [7, 11) is 0. The maximum atomic E-state index is 12.2. The van der Waals surface area contributed by atoms with Crippen molar-refractivity contribution in [2.75, 3.05) is 6.61 Å². The van der Waals surface area contributed by atoms with Gasteiger partial charge in [-0.3, -0.25) is 4.79 Å². The van der Waals surface area contributed by atoms with Crippen LogP contribution in [-0.4, -0.2) is 28.5 Å². The molecule has 6 nitrogen and oxygen atoms in total. The van der Waals surface area contributed by atoms with Gasteiger partial charge in [0.05, 0.1) is 11.9 Å². The number of ether oxygens (including phenoxy) is 1. The number of benzene rings is 3. The second kappa shape index (κ2) is 10.4. The number of amides is 1. The Bertz CT molecular complexity index is 1210. The second-order valence-electron chi connectivity index (χ2n) is 7.88. The first kappa shape index (κ1) is 22.0. The number of hydrogen-bond acceptors (Lipinski definition) is 4. The molecule has 166 valence electrons. The van der Waals surface area contributed by atoms with Crippen LogP contribution in [0.5, 0.6) is 5.75 Å². The van der Waals surface area contributed by atoms with Crippen LogP contribution in [-0.2, 0) is 4.79 Å². The van der Waals surface area contributed by atoms with Gasteiger partial charge in [0.2, 0.25) is 0 Å². The van der Waals surface area contributed by atoms with Crippen LogP contribution in [0.25, 0.3) is 16.9 Å². The predicted octanol–water partition coefficient (Wildman–Crippen LogP) is 5.19. The highest BCUT2D eigenvalue weighted by molar-refractivity contribution is 5.89. The first-order chi connectivity index (χ1) is 16.1. The summed E-state index contributed by atoms with van der Waals surface area (Å²) in [6.07, 6.45) is 3.49. The Morgan fingerprint density at radius 3 is 2.33 bits per heavy atom. The summed E-state index contributed by atoms with van der Waals surface area (Å²) in [5.74, 6) is 0.758. The van der Waals surface area contributed by atoms with Gasteiger partial charge in [-0.2, -0.15) is 10.2 Å². The lowest BCUT2D eigenvalue weighted by Crippen LogP contribution is -2.24. The Balaban J connectivity index is 1.43. The summed E-state index contributed by atoms with van der Waals surface area (Å²) in [6.45, 7) is 4.15. The molecule has 0 spiro atoms. The molecule has 3 aromatic carbocycles. The average molecular weight is 439 g/mol. The molecule has 1 aromatic heterocycles. The van der Waals surface area contributed by atoms with E-state index in [1.807, 2.05) is 91.1 Å². The lowest BCUT2D eigenvalue weighted by Gasteiger charge is -2.08. The first-order valence-corrected chi connectivity index (χ1v) is 10.9. The topological polar surface area (TPSA) is 68.5 Å². The maximum absolute atomic E-state index is 12.2. The highest BCUT2D eigenvalue weighted by atomic mass is 16.5. The number of nitrogens with zero attached hydrogens (tertiary/aromatic N) is 3. The number of rotatable bonds is 8. The van der Waals surface area contributed by atoms with Crippen molar-refractivity contribution in [2.24, 2.45) is 5.10 Å². The molecule has 33 heavy (non-hydrogen) atoms. The molecule has 0 aliphatic carbocycles. The molecule has 1 heterocycles. The van der Waals surface area contributed by atoms with Crippen LogP contribution in [0, 0.1) is 0 Å². The van der Waals surface area contributed by atoms with E-state index < -0.39 is 0 Å². The highest BCUT2D eigenvalue weighted by Gasteiger charge is 2.11. The summed E-state index contributed by atoms with van der Waals surface area (Å²) >= 11 is 0. The smallest absolute Gasteiger partial charge is 0.277 e. The van der Waals surface area contributed by atoms with Crippen molar-refractivity contribution in [1.29, 1.82) is 0 Å². The molecule has 0 fully saturated rings. The molecule has 4 aromatic rings. The lowest BCUT2D eigenvalue weighted by molar-refractivity contribution is -0.123. The quantitative estimate of drug-likeness (QED) is 0.304. The highest BCUT2D eigenvalue weighted by Crippen LogP contribution is 2.22. The van der Waals surface area contributed by atoms with E-state index in [0.717, 1.165) is 22.5 Å². The van der Waals surface area contributed by atoms with E-state index in [1.54, 1.807) is 10.9 Å². The van der Waals surface area contributed by atoms with Gasteiger partial charge in [-0.05, 0) is 35.7 Å². The van der Waals surface area contributed by atoms with E-state index in [9.17, 15) is 4.79 Å². The van der Waals surface area contributed by atoms with Gasteiger partial charge < -0.3 is 4.74 Å². The standard InChI is InChI=1S/C27H26N4O2/c1-20(2)21-13-15-25(16-14-21)33-19-26(32)29-28-17-23-18-31(24-11-7-4-8-12-24)30-27(23)22-9-5-3-6-10-22/h3-18,20H,19H2,1-2H3,(H,29,32)/b28-17-. The van der Waals surface area contributed by atoms with Crippen molar-refractivity contribution in [3.8, 4) is 22.7 Å². The molecular formula is C27H26N4O2. The molecule has 0 saturated carbocycles. The molecule has 1 amide bonds. The zero-order valence-electron chi connectivity index (χ0n) is 18.7. The molecule has 0 atom stereocenters. The number of carbonyl (C=O) groups is 1. The Labute approximate surface area is 193 Å². The maximum Gasteiger partial charge on any atom is 0.277 e. The van der Waals surface area contributed by atoms with Gasteiger partial charge >= 0.3 is 0 Å². The summed E-state index contributed by atoms with van der Waals surface area (Å²) in [5, 5.41) is 8.86. The average Bonchev–Trinajstić information content (AvgIpc) is 3.28. The monoisotopic (exact) mass is 438 g/mol. The zero-order valence-corrected chi connectivity index (χ0v) is 18.7. The van der Waals surface area contributed by atoms with Gasteiger partial charge in [0.1, 0.15) is 11.4 Å². The van der Waals surface area contributed by atoms with Crippen molar-refractivity contribution >= 4 is 12.1 Å². The minimum absolute atomic E-state index is 0.118. The van der Waals surface area contributed by atoms with Crippen molar-refractivity contribution < 1.29 is 9.53 Å². The van der Waals surface area contributed by atoms with E-state index >= 15 is 0 Å². The molecule has 1 N–H and O–H groups in total. The third kappa shape index (κ3) is 5.74. The van der Waals surface area contributed by atoms with E-state index in [2.05, 4.69) is 24.4 Å². The fourth-order valence-corrected chi connectivity index (χ4v) is 3.32. The fraction of sp³-hybridized carbons (Fsp3) is 0.148. The van der Waals surface area contributed by atoms with Crippen molar-refractivity contribution in [1.82, 2.24) is 15.2 Å². The lowest BCUT2D eigenvalue weighted by atomic mass is 10.0. The Hall–Kier alpha value is -4.19. The molecule has 4 rings (SSSR count). The second-order valence-corrected chi connectivity index (χ2v) is 7.88. The van der Waals surface area contributed by atoms with E-state index in [0.29, 0.717) is 11.7 Å². The fourth-order valence-electron chi connectivity index (χ4n) is 3.32. The third-order valence-electron chi connectivity index (χ3n) is 5.12. The molecule has 0 radical (unpaired) electrons. The third-order valence-corrected chi connectivity index (χ3v) is 5.12. The van der Waals surface area contributed by atoms with E-state index in [4.69, 9.17) is 9.84 Å². The molecule has 0 saturated heterocycles. The number of nitrogens with one attached hydrogen (secondary N) is 1. The number of hydrogen-bond donors (Lipinski definition) is 1. The molecule has 0 bridgehead atoms. The molecule has 0 unspecified atom stereocenters. The van der Waals surface area contributed by atoms with Crippen molar-refractivity contribution in [3.05, 3.63) is 102 Å². The molecular weight excluding hydrogens is 412 g/mol. The first-order valence-electron chi connectivity index (χ1n) is 10.9. The van der Waals surface area contributed by atoms with Crippen LogP contribution in [0.15, 0.2) is 96.2 Å². The van der Waals surface area contributed by atoms with Crippen LogP contribution in [0.2, 0.25) is 0 Å². The SMILES string of the molecule is CC(C)c1ccc(OCC(=O)N/N=C\c2cn(-c3ccccc3)nc2-c2ccccc2)cc1. The number of para-hydroxylation sites is 1. The number of hydrazone groups is 1. The van der Waals surface area contributed by atoms with Crippen LogP contribution < -0.4 is 10.2 Å². The van der Waals surface area contributed by atoms with E-state index in [-0.39, 0.29) is 12.5 Å². The Kier molecular flexibility index (Phi) is 6.95. The largest absolute Gasteiger partial charge is 0.484 e. The predicted molar refractivity (Wildman–Crippen MR) is 131 cm³/mol. The molecule has 0 aliphatic heterocycles. The van der Waals surface area contributed by atoms with Crippen LogP contribution in [0.1, 0.15) is 30.9 Å². The minimum atomic E-state index is -0.337. The minimum Gasteiger partial charge on any atom is -0.484 e. The Morgan fingerprint density at radius 2 is 1.67 bits per heavy atom. The van der Waals surface area contributed by atoms with Gasteiger partial charge in [0.25, 0.3) is 5.91 Å². The van der Waals surface area contributed by atoms with Crippen LogP contribution >= 0.6 is 0 Å². The van der Waals surface area contributed by atoms with Gasteiger partial charge in [-0.1, -0.05) is 74.5 Å². The van der Waals surface area contributed by atoms with Gasteiger partial charge in [0, 0.05) is 17.3 Å². The van der Waals surface area contributed by atoms with Crippen LogP contribution in [0.3, 0.4) is 0 Å². The summed E-state index contributed by atoms with van der Waals surface area (Å²) in [5.41, 5.74) is 7.22. The van der Waals surface area contributed by atoms with Gasteiger partial charge in [0.15, 0.2) is 6.61 Å². The van der Waals surface area contributed by atoms with Crippen molar-refractivity contribution in [3.63, 3.8) is 0 Å². The summed E-state index contributed by atoms with van der Waals surface area (Å²) in [4.78, 5) is 12.2. The van der Waals surface area contributed by atoms with Gasteiger partial charge in [-0.15, -0.1) is 0 Å². The zero-order chi connectivity index (χ0) is 23.0. The summed E-state index contributed by atoms with van der Waals surface area (Å²) in [6, 6.07) is 27.5. The van der Waals surface area contributed by atoms with Crippen LogP contribution in [0.4, 0.5) is 0 Å². The number of aromatic nitrogens is 2. The molecule has 0 aliphatic rings. The summed E-state index contributed by atoms with van der Waals surface area (Å²) < 4.78 is 7.36. The van der Waals surface area contributed by atoms with Gasteiger partial charge in [-0.25, -0.2) is 10.1 Å². The molecule has 6 heteroatoms. The normalized spacial score (nSPS) is 11.1.